The number of nitro groups is 1. The minimum absolute atomic E-state index is 0.0668. The predicted octanol–water partition coefficient (Wildman–Crippen LogP) is 3.02. The van der Waals surface area contributed by atoms with Crippen LogP contribution in [0.15, 0.2) is 42.5 Å². The second-order valence-corrected chi connectivity index (χ2v) is 6.11. The molecular formula is C19H17N3O6. The summed E-state index contributed by atoms with van der Waals surface area (Å²) >= 11 is 0. The van der Waals surface area contributed by atoms with Gasteiger partial charge in [0.1, 0.15) is 18.5 Å². The van der Waals surface area contributed by atoms with E-state index >= 15 is 0 Å². The number of amides is 1. The first-order chi connectivity index (χ1) is 13.5. The number of anilines is 1. The molecule has 0 bridgehead atoms. The molecule has 1 saturated heterocycles. The number of carbonyl (C=O) groups excluding carboxylic acids is 1. The molecule has 28 heavy (non-hydrogen) atoms. The molecule has 1 heterocycles. The molecule has 0 aromatic heterocycles. The summed E-state index contributed by atoms with van der Waals surface area (Å²) in [7, 11) is 1.55. The molecule has 0 spiro atoms. The third kappa shape index (κ3) is 4.36. The number of non-ortho nitro benzene ring substituents is 1. The number of rotatable bonds is 7. The first kappa shape index (κ1) is 19.1. The fraction of sp³-hybridized carbons (Fsp3) is 0.263. The molecule has 1 atom stereocenters. The number of hydrogen-bond acceptors (Lipinski definition) is 7. The first-order valence-corrected chi connectivity index (χ1v) is 8.38. The van der Waals surface area contributed by atoms with E-state index < -0.39 is 11.0 Å². The standard InChI is InChI=1S/C19H17N3O6/c1-26-12-18-10-21(19(23)28-18)15-2-4-17(5-3-15)27-11-14-6-13(9-20)7-16(8-14)22(24)25/h2-8,18H,10-12H2,1H3. The number of nitrogens with zero attached hydrogens (tertiary/aromatic N) is 3. The number of nitro benzene ring substituents is 1. The lowest BCUT2D eigenvalue weighted by atomic mass is 10.1. The quantitative estimate of drug-likeness (QED) is 0.533. The van der Waals surface area contributed by atoms with Crippen molar-refractivity contribution in [2.24, 2.45) is 0 Å². The number of hydrogen-bond donors (Lipinski definition) is 0. The Kier molecular flexibility index (Phi) is 5.72. The van der Waals surface area contributed by atoms with Crippen LogP contribution in [0.2, 0.25) is 0 Å². The van der Waals surface area contributed by atoms with E-state index in [1.807, 2.05) is 6.07 Å². The van der Waals surface area contributed by atoms with Crippen LogP contribution in [0.25, 0.3) is 0 Å². The van der Waals surface area contributed by atoms with Crippen molar-refractivity contribution in [1.82, 2.24) is 0 Å². The number of ether oxygens (including phenoxy) is 3. The van der Waals surface area contributed by atoms with Gasteiger partial charge < -0.3 is 14.2 Å². The van der Waals surface area contributed by atoms with Gasteiger partial charge in [-0.1, -0.05) is 0 Å². The van der Waals surface area contributed by atoms with E-state index in [-0.39, 0.29) is 24.0 Å². The highest BCUT2D eigenvalue weighted by atomic mass is 16.6. The maximum Gasteiger partial charge on any atom is 0.414 e. The summed E-state index contributed by atoms with van der Waals surface area (Å²) in [5.74, 6) is 0.523. The summed E-state index contributed by atoms with van der Waals surface area (Å²) in [4.78, 5) is 23.8. The van der Waals surface area contributed by atoms with E-state index in [4.69, 9.17) is 19.5 Å². The SMILES string of the molecule is COCC1CN(c2ccc(OCc3cc(C#N)cc([N+](=O)[O-])c3)cc2)C(=O)O1. The Balaban J connectivity index is 1.66. The van der Waals surface area contributed by atoms with Crippen LogP contribution in [0, 0.1) is 21.4 Å². The Labute approximate surface area is 160 Å². The summed E-state index contributed by atoms with van der Waals surface area (Å²) in [5.41, 5.74) is 1.21. The molecule has 0 saturated carbocycles. The first-order valence-electron chi connectivity index (χ1n) is 8.38. The van der Waals surface area contributed by atoms with Crippen LogP contribution < -0.4 is 9.64 Å². The van der Waals surface area contributed by atoms with E-state index in [9.17, 15) is 14.9 Å². The third-order valence-electron chi connectivity index (χ3n) is 4.10. The van der Waals surface area contributed by atoms with Crippen molar-refractivity contribution in [1.29, 1.82) is 5.26 Å². The van der Waals surface area contributed by atoms with E-state index in [0.717, 1.165) is 0 Å². The number of nitriles is 1. The minimum Gasteiger partial charge on any atom is -0.489 e. The van der Waals surface area contributed by atoms with Gasteiger partial charge in [-0.2, -0.15) is 5.26 Å². The van der Waals surface area contributed by atoms with Gasteiger partial charge in [-0.3, -0.25) is 15.0 Å². The fourth-order valence-corrected chi connectivity index (χ4v) is 2.82. The summed E-state index contributed by atoms with van der Waals surface area (Å²) in [5, 5.41) is 20.0. The zero-order valence-electron chi connectivity index (χ0n) is 15.0. The van der Waals surface area contributed by atoms with Gasteiger partial charge in [0.05, 0.1) is 29.7 Å². The second-order valence-electron chi connectivity index (χ2n) is 6.11. The van der Waals surface area contributed by atoms with Gasteiger partial charge in [-0.25, -0.2) is 4.79 Å². The lowest BCUT2D eigenvalue weighted by Gasteiger charge is -2.14. The number of methoxy groups -OCH3 is 1. The molecule has 1 aliphatic heterocycles. The smallest absolute Gasteiger partial charge is 0.414 e. The third-order valence-corrected chi connectivity index (χ3v) is 4.10. The van der Waals surface area contributed by atoms with E-state index in [0.29, 0.717) is 30.2 Å². The van der Waals surface area contributed by atoms with Crippen molar-refractivity contribution in [3.05, 3.63) is 63.7 Å². The minimum atomic E-state index is -0.550. The summed E-state index contributed by atoms with van der Waals surface area (Å²) in [6, 6.07) is 12.8. The molecule has 0 aliphatic carbocycles. The topological polar surface area (TPSA) is 115 Å². The van der Waals surface area contributed by atoms with Crippen LogP contribution in [0.5, 0.6) is 5.75 Å². The van der Waals surface area contributed by atoms with Crippen LogP contribution in [-0.4, -0.2) is 37.4 Å². The van der Waals surface area contributed by atoms with Crippen molar-refractivity contribution in [3.63, 3.8) is 0 Å². The van der Waals surface area contributed by atoms with E-state index in [1.54, 1.807) is 31.4 Å². The van der Waals surface area contributed by atoms with Gasteiger partial charge >= 0.3 is 6.09 Å². The van der Waals surface area contributed by atoms with Gasteiger partial charge in [-0.05, 0) is 35.9 Å². The lowest BCUT2D eigenvalue weighted by Crippen LogP contribution is -2.25. The largest absolute Gasteiger partial charge is 0.489 e. The van der Waals surface area contributed by atoms with Crippen molar-refractivity contribution in [2.45, 2.75) is 12.7 Å². The number of benzene rings is 2. The Morgan fingerprint density at radius 3 is 2.71 bits per heavy atom. The number of carbonyl (C=O) groups is 1. The maximum atomic E-state index is 11.9. The van der Waals surface area contributed by atoms with Gasteiger partial charge in [0.25, 0.3) is 5.69 Å². The Morgan fingerprint density at radius 1 is 1.32 bits per heavy atom. The molecule has 9 heteroatoms. The van der Waals surface area contributed by atoms with Crippen LogP contribution in [0.4, 0.5) is 16.2 Å². The van der Waals surface area contributed by atoms with Crippen LogP contribution >= 0.6 is 0 Å². The summed E-state index contributed by atoms with van der Waals surface area (Å²) in [6.07, 6.45) is -0.743. The second kappa shape index (κ2) is 8.37. The maximum absolute atomic E-state index is 11.9. The van der Waals surface area contributed by atoms with Gasteiger partial charge in [-0.15, -0.1) is 0 Å². The molecule has 1 amide bonds. The van der Waals surface area contributed by atoms with Crippen LogP contribution in [0.3, 0.4) is 0 Å². The monoisotopic (exact) mass is 383 g/mol. The highest BCUT2D eigenvalue weighted by molar-refractivity contribution is 5.89. The van der Waals surface area contributed by atoms with Gasteiger partial charge in [0.15, 0.2) is 0 Å². The van der Waals surface area contributed by atoms with Gasteiger partial charge in [0, 0.05) is 24.9 Å². The number of cyclic esters (lactones) is 1. The molecule has 2 aromatic carbocycles. The molecule has 1 fully saturated rings. The Morgan fingerprint density at radius 2 is 2.07 bits per heavy atom. The van der Waals surface area contributed by atoms with E-state index in [2.05, 4.69) is 0 Å². The van der Waals surface area contributed by atoms with E-state index in [1.165, 1.54) is 23.1 Å². The summed E-state index contributed by atoms with van der Waals surface area (Å²) < 4.78 is 15.9. The summed E-state index contributed by atoms with van der Waals surface area (Å²) in [6.45, 7) is 0.798. The lowest BCUT2D eigenvalue weighted by molar-refractivity contribution is -0.385. The highest BCUT2D eigenvalue weighted by Crippen LogP contribution is 2.25. The highest BCUT2D eigenvalue weighted by Gasteiger charge is 2.32. The molecular weight excluding hydrogens is 366 g/mol. The zero-order chi connectivity index (χ0) is 20.1. The average molecular weight is 383 g/mol. The molecule has 1 aliphatic rings. The van der Waals surface area contributed by atoms with Crippen molar-refractivity contribution < 1.29 is 23.9 Å². The normalized spacial score (nSPS) is 15.8. The molecule has 1 unspecified atom stereocenters. The molecule has 144 valence electrons. The van der Waals surface area contributed by atoms with Crippen LogP contribution in [0.1, 0.15) is 11.1 Å². The van der Waals surface area contributed by atoms with Crippen molar-refractivity contribution in [3.8, 4) is 11.8 Å². The fourth-order valence-electron chi connectivity index (χ4n) is 2.82. The molecule has 0 radical (unpaired) electrons. The Hall–Kier alpha value is -3.64. The molecule has 9 nitrogen and oxygen atoms in total. The van der Waals surface area contributed by atoms with Crippen molar-refractivity contribution in [2.75, 3.05) is 25.2 Å². The molecule has 3 rings (SSSR count). The predicted molar refractivity (Wildman–Crippen MR) is 98.1 cm³/mol. The molecule has 2 aromatic rings. The average Bonchev–Trinajstić information content (AvgIpc) is 3.07. The van der Waals surface area contributed by atoms with Crippen LogP contribution in [-0.2, 0) is 16.1 Å². The van der Waals surface area contributed by atoms with Crippen molar-refractivity contribution >= 4 is 17.5 Å². The Bertz CT molecular complexity index is 922. The molecule has 0 N–H and O–H groups in total. The zero-order valence-corrected chi connectivity index (χ0v) is 15.0. The van der Waals surface area contributed by atoms with Gasteiger partial charge in [0.2, 0.25) is 0 Å².